The van der Waals surface area contributed by atoms with Crippen molar-refractivity contribution in [3.05, 3.63) is 35.9 Å². The van der Waals surface area contributed by atoms with Crippen molar-refractivity contribution in [2.24, 2.45) is 4.99 Å². The number of carbonyl (C=O) groups is 1. The van der Waals surface area contributed by atoms with Crippen molar-refractivity contribution in [3.8, 4) is 5.75 Å². The first kappa shape index (κ1) is 17.3. The van der Waals surface area contributed by atoms with Crippen molar-refractivity contribution in [2.45, 2.75) is 52.6 Å². The fraction of sp³-hybridized carbons (Fsp3) is 0.474. The first-order valence-corrected chi connectivity index (χ1v) is 7.83. The molecule has 0 fully saturated rings. The summed E-state index contributed by atoms with van der Waals surface area (Å²) in [6.45, 7) is 12.2. The van der Waals surface area contributed by atoms with Crippen LogP contribution in [0.15, 0.2) is 35.3 Å². The molecule has 0 N–H and O–H groups in total. The van der Waals surface area contributed by atoms with Gasteiger partial charge in [-0.2, -0.15) is 0 Å². The van der Waals surface area contributed by atoms with Crippen LogP contribution in [0.3, 0.4) is 0 Å². The number of carbonyl (C=O) groups excluding carboxylic acids is 1. The summed E-state index contributed by atoms with van der Waals surface area (Å²) >= 11 is 0. The van der Waals surface area contributed by atoms with Crippen molar-refractivity contribution in [1.82, 2.24) is 4.90 Å². The van der Waals surface area contributed by atoms with Gasteiger partial charge in [-0.1, -0.05) is 12.1 Å². The molecule has 0 bridgehead atoms. The topological polar surface area (TPSA) is 41.9 Å². The molecular weight excluding hydrogens is 288 g/mol. The van der Waals surface area contributed by atoms with Crippen LogP contribution in [0.4, 0.5) is 0 Å². The number of hydrogen-bond acceptors (Lipinski definition) is 3. The third-order valence-electron chi connectivity index (χ3n) is 3.45. The summed E-state index contributed by atoms with van der Waals surface area (Å²) in [5.41, 5.74) is 1.23. The van der Waals surface area contributed by atoms with Gasteiger partial charge in [0.05, 0.1) is 12.6 Å². The normalized spacial score (nSPS) is 17.7. The summed E-state index contributed by atoms with van der Waals surface area (Å²) in [4.78, 5) is 19.2. The van der Waals surface area contributed by atoms with Gasteiger partial charge in [0.25, 0.3) is 5.91 Å². The molecule has 1 amide bonds. The fourth-order valence-electron chi connectivity index (χ4n) is 2.54. The van der Waals surface area contributed by atoms with Gasteiger partial charge in [0.2, 0.25) is 0 Å². The molecule has 0 spiro atoms. The van der Waals surface area contributed by atoms with Crippen molar-refractivity contribution < 1.29 is 9.53 Å². The van der Waals surface area contributed by atoms with E-state index in [1.807, 2.05) is 65.8 Å². The Hall–Kier alpha value is -2.10. The number of amides is 1. The molecule has 0 unspecified atom stereocenters. The molecular formula is C19H26N2O2. The van der Waals surface area contributed by atoms with Crippen LogP contribution in [-0.2, 0) is 4.79 Å². The molecule has 1 heterocycles. The van der Waals surface area contributed by atoms with Gasteiger partial charge in [-0.3, -0.25) is 14.7 Å². The van der Waals surface area contributed by atoms with Gasteiger partial charge in [0.1, 0.15) is 11.6 Å². The zero-order valence-electron chi connectivity index (χ0n) is 15.1. The van der Waals surface area contributed by atoms with Crippen LogP contribution >= 0.6 is 0 Å². The summed E-state index contributed by atoms with van der Waals surface area (Å²) in [5.74, 6) is 1.51. The molecule has 0 radical (unpaired) electrons. The first-order chi connectivity index (χ1) is 10.5. The number of benzene rings is 1. The third kappa shape index (κ3) is 3.81. The Labute approximate surface area is 138 Å². The molecule has 0 aliphatic carbocycles. The van der Waals surface area contributed by atoms with Gasteiger partial charge in [-0.15, -0.1) is 0 Å². The second-order valence-electron chi connectivity index (χ2n) is 7.74. The lowest BCUT2D eigenvalue weighted by Gasteiger charge is -2.34. The molecule has 124 valence electrons. The van der Waals surface area contributed by atoms with Gasteiger partial charge in [0, 0.05) is 17.2 Å². The molecule has 4 heteroatoms. The van der Waals surface area contributed by atoms with Gasteiger partial charge in [0.15, 0.2) is 0 Å². The average Bonchev–Trinajstić information content (AvgIpc) is 2.73. The lowest BCUT2D eigenvalue weighted by molar-refractivity contribution is -0.124. The molecule has 1 aliphatic rings. The highest BCUT2D eigenvalue weighted by Crippen LogP contribution is 2.32. The number of hydrogen-bond donors (Lipinski definition) is 0. The minimum Gasteiger partial charge on any atom is -0.497 e. The van der Waals surface area contributed by atoms with Crippen LogP contribution in [0.25, 0.3) is 5.57 Å². The molecule has 0 saturated heterocycles. The number of ether oxygens (including phenoxy) is 1. The monoisotopic (exact) mass is 314 g/mol. The predicted octanol–water partition coefficient (Wildman–Crippen LogP) is 3.92. The maximum atomic E-state index is 12.6. The Morgan fingerprint density at radius 2 is 1.57 bits per heavy atom. The zero-order valence-corrected chi connectivity index (χ0v) is 15.1. The van der Waals surface area contributed by atoms with E-state index in [9.17, 15) is 4.79 Å². The van der Waals surface area contributed by atoms with E-state index in [2.05, 4.69) is 0 Å². The standard InChI is InChI=1S/C19H26N2O2/c1-18(2,3)20-17-15(12-16(22)21(17)19(4,5)6)13-8-10-14(23-7)11-9-13/h8-12H,1-7H3. The highest BCUT2D eigenvalue weighted by molar-refractivity contribution is 6.36. The van der Waals surface area contributed by atoms with E-state index in [1.54, 1.807) is 18.1 Å². The summed E-state index contributed by atoms with van der Waals surface area (Å²) in [5, 5.41) is 0. The minimum atomic E-state index is -0.327. The molecule has 0 aromatic heterocycles. The van der Waals surface area contributed by atoms with Gasteiger partial charge in [-0.25, -0.2) is 0 Å². The van der Waals surface area contributed by atoms with Crippen LogP contribution in [-0.4, -0.2) is 34.8 Å². The van der Waals surface area contributed by atoms with Crippen LogP contribution in [0.1, 0.15) is 47.1 Å². The third-order valence-corrected chi connectivity index (χ3v) is 3.45. The van der Waals surface area contributed by atoms with E-state index in [1.165, 1.54) is 0 Å². The maximum Gasteiger partial charge on any atom is 0.253 e. The van der Waals surface area contributed by atoms with Crippen molar-refractivity contribution in [2.75, 3.05) is 7.11 Å². The summed E-state index contributed by atoms with van der Waals surface area (Å²) in [6.07, 6.45) is 1.68. The molecule has 0 atom stereocenters. The number of aliphatic imine (C=N–C) groups is 1. The van der Waals surface area contributed by atoms with Gasteiger partial charge >= 0.3 is 0 Å². The molecule has 23 heavy (non-hydrogen) atoms. The number of amidine groups is 1. The Balaban J connectivity index is 2.54. The van der Waals surface area contributed by atoms with Gasteiger partial charge in [-0.05, 0) is 59.2 Å². The number of methoxy groups -OCH3 is 1. The lowest BCUT2D eigenvalue weighted by atomic mass is 10.0. The van der Waals surface area contributed by atoms with Crippen LogP contribution < -0.4 is 4.74 Å². The SMILES string of the molecule is COc1ccc(C2=CC(=O)N(C(C)(C)C)C2=NC(C)(C)C)cc1. The van der Waals surface area contributed by atoms with E-state index >= 15 is 0 Å². The van der Waals surface area contributed by atoms with Crippen molar-refractivity contribution in [3.63, 3.8) is 0 Å². The van der Waals surface area contributed by atoms with E-state index in [0.29, 0.717) is 0 Å². The Morgan fingerprint density at radius 1 is 1.00 bits per heavy atom. The Morgan fingerprint density at radius 3 is 2.00 bits per heavy atom. The second-order valence-corrected chi connectivity index (χ2v) is 7.74. The van der Waals surface area contributed by atoms with E-state index in [-0.39, 0.29) is 17.0 Å². The summed E-state index contributed by atoms with van der Waals surface area (Å²) in [7, 11) is 1.64. The Bertz CT molecular complexity index is 656. The second kappa shape index (κ2) is 5.84. The molecule has 4 nitrogen and oxygen atoms in total. The van der Waals surface area contributed by atoms with E-state index in [0.717, 1.165) is 22.7 Å². The number of rotatable bonds is 2. The summed E-state index contributed by atoms with van der Waals surface area (Å²) in [6, 6.07) is 7.72. The highest BCUT2D eigenvalue weighted by Gasteiger charge is 2.38. The molecule has 1 aliphatic heterocycles. The largest absolute Gasteiger partial charge is 0.497 e. The van der Waals surface area contributed by atoms with E-state index < -0.39 is 0 Å². The fourth-order valence-corrected chi connectivity index (χ4v) is 2.54. The lowest BCUT2D eigenvalue weighted by Crippen LogP contribution is -2.46. The summed E-state index contributed by atoms with van der Waals surface area (Å²) < 4.78 is 5.21. The zero-order chi connectivity index (χ0) is 17.4. The minimum absolute atomic E-state index is 0.0219. The molecule has 1 aromatic rings. The molecule has 1 aromatic carbocycles. The first-order valence-electron chi connectivity index (χ1n) is 7.83. The average molecular weight is 314 g/mol. The van der Waals surface area contributed by atoms with Gasteiger partial charge < -0.3 is 4.74 Å². The van der Waals surface area contributed by atoms with Crippen LogP contribution in [0, 0.1) is 0 Å². The predicted molar refractivity (Wildman–Crippen MR) is 94.8 cm³/mol. The highest BCUT2D eigenvalue weighted by atomic mass is 16.5. The molecule has 2 rings (SSSR count). The quantitative estimate of drug-likeness (QED) is 0.830. The van der Waals surface area contributed by atoms with Crippen LogP contribution in [0.5, 0.6) is 5.75 Å². The number of nitrogens with zero attached hydrogens (tertiary/aromatic N) is 2. The van der Waals surface area contributed by atoms with Crippen molar-refractivity contribution >= 4 is 17.3 Å². The van der Waals surface area contributed by atoms with Crippen molar-refractivity contribution in [1.29, 1.82) is 0 Å². The molecule has 0 saturated carbocycles. The smallest absolute Gasteiger partial charge is 0.253 e. The van der Waals surface area contributed by atoms with E-state index in [4.69, 9.17) is 9.73 Å². The Kier molecular flexibility index (Phi) is 4.38. The van der Waals surface area contributed by atoms with Crippen LogP contribution in [0.2, 0.25) is 0 Å². The maximum absolute atomic E-state index is 12.6.